The second-order valence-corrected chi connectivity index (χ2v) is 15.4. The van der Waals surface area contributed by atoms with Crippen LogP contribution in [0.15, 0.2) is 23.3 Å². The Bertz CT molecular complexity index is 700. The Morgan fingerprint density at radius 1 is 0.500 bits per heavy atom. The third kappa shape index (κ3) is 27.8. The standard InChI is InChI=1S/C40H76O2/c1-32(2)17-11-19-34(5)21-13-23-36(7)25-15-27-38(9)29-30-42-40(41)31-39(10)28-16-26-37(8)24-14-22-35(6)20-12-18-33(3)4/h29,31-37H,11-28,30H2,1-10H3/b38-29+,39-31+. The minimum absolute atomic E-state index is 0.192. The van der Waals surface area contributed by atoms with E-state index in [1.807, 2.05) is 0 Å². The van der Waals surface area contributed by atoms with E-state index in [4.69, 9.17) is 4.74 Å². The Morgan fingerprint density at radius 2 is 0.833 bits per heavy atom. The van der Waals surface area contributed by atoms with Crippen molar-refractivity contribution < 1.29 is 9.53 Å². The van der Waals surface area contributed by atoms with Gasteiger partial charge in [0.05, 0.1) is 0 Å². The van der Waals surface area contributed by atoms with Crippen molar-refractivity contribution in [2.45, 2.75) is 185 Å². The summed E-state index contributed by atoms with van der Waals surface area (Å²) >= 11 is 0. The summed E-state index contributed by atoms with van der Waals surface area (Å²) in [6.07, 6.45) is 27.3. The highest BCUT2D eigenvalue weighted by atomic mass is 16.5. The fourth-order valence-electron chi connectivity index (χ4n) is 6.10. The van der Waals surface area contributed by atoms with Crippen LogP contribution in [0.3, 0.4) is 0 Å². The molecule has 42 heavy (non-hydrogen) atoms. The molecule has 0 heterocycles. The Morgan fingerprint density at radius 3 is 1.21 bits per heavy atom. The first-order valence-electron chi connectivity index (χ1n) is 18.4. The molecule has 0 fully saturated rings. The first-order valence-corrected chi connectivity index (χ1v) is 18.4. The van der Waals surface area contributed by atoms with Gasteiger partial charge in [0.2, 0.25) is 0 Å². The molecule has 0 amide bonds. The zero-order chi connectivity index (χ0) is 31.8. The number of allylic oxidation sites excluding steroid dienone is 2. The van der Waals surface area contributed by atoms with E-state index in [0.717, 1.165) is 60.3 Å². The molecule has 0 aromatic carbocycles. The molecule has 0 radical (unpaired) electrons. The van der Waals surface area contributed by atoms with E-state index in [2.05, 4.69) is 75.3 Å². The zero-order valence-corrected chi connectivity index (χ0v) is 30.4. The topological polar surface area (TPSA) is 26.3 Å². The lowest BCUT2D eigenvalue weighted by molar-refractivity contribution is -0.136. The van der Waals surface area contributed by atoms with Crippen LogP contribution in [0.2, 0.25) is 0 Å². The molecule has 0 rings (SSSR count). The van der Waals surface area contributed by atoms with Crippen molar-refractivity contribution in [1.82, 2.24) is 0 Å². The number of esters is 1. The number of carbonyl (C=O) groups is 1. The van der Waals surface area contributed by atoms with E-state index in [0.29, 0.717) is 6.61 Å². The summed E-state index contributed by atoms with van der Waals surface area (Å²) in [6, 6.07) is 0. The van der Waals surface area contributed by atoms with Gasteiger partial charge in [-0.25, -0.2) is 4.79 Å². The molecular formula is C40H76O2. The summed E-state index contributed by atoms with van der Waals surface area (Å²) in [6.45, 7) is 23.6. The number of hydrogen-bond acceptors (Lipinski definition) is 2. The maximum atomic E-state index is 12.3. The van der Waals surface area contributed by atoms with E-state index < -0.39 is 0 Å². The summed E-state index contributed by atoms with van der Waals surface area (Å²) in [5.74, 6) is 4.82. The molecule has 0 bridgehead atoms. The van der Waals surface area contributed by atoms with E-state index in [9.17, 15) is 4.79 Å². The lowest BCUT2D eigenvalue weighted by Crippen LogP contribution is -2.03. The molecule has 0 N–H and O–H groups in total. The highest BCUT2D eigenvalue weighted by Gasteiger charge is 2.09. The molecule has 0 aliphatic rings. The fraction of sp³-hybridized carbons (Fsp3) is 0.875. The van der Waals surface area contributed by atoms with E-state index in [1.165, 1.54) is 102 Å². The van der Waals surface area contributed by atoms with Crippen molar-refractivity contribution in [3.63, 3.8) is 0 Å². The minimum Gasteiger partial charge on any atom is -0.458 e. The van der Waals surface area contributed by atoms with E-state index in [-0.39, 0.29) is 5.97 Å². The Kier molecular flexibility index (Phi) is 25.7. The predicted molar refractivity (Wildman–Crippen MR) is 188 cm³/mol. The van der Waals surface area contributed by atoms with Gasteiger partial charge in [-0.2, -0.15) is 0 Å². The Balaban J connectivity index is 3.93. The van der Waals surface area contributed by atoms with Crippen molar-refractivity contribution in [2.24, 2.45) is 35.5 Å². The molecule has 0 aromatic heterocycles. The monoisotopic (exact) mass is 589 g/mol. The van der Waals surface area contributed by atoms with Gasteiger partial charge in [0.1, 0.15) is 6.61 Å². The molecule has 2 heteroatoms. The molecular weight excluding hydrogens is 512 g/mol. The number of ether oxygens (including phenoxy) is 1. The van der Waals surface area contributed by atoms with Gasteiger partial charge in [-0.3, -0.25) is 0 Å². The Hall–Kier alpha value is -1.05. The van der Waals surface area contributed by atoms with E-state index in [1.54, 1.807) is 6.08 Å². The molecule has 0 aromatic rings. The Labute approximate surface area is 265 Å². The van der Waals surface area contributed by atoms with Gasteiger partial charge in [0.25, 0.3) is 0 Å². The summed E-state index contributed by atoms with van der Waals surface area (Å²) in [5.41, 5.74) is 2.49. The SMILES string of the molecule is C/C(=C\COC(=O)/C=C(\C)CCCC(C)CCCC(C)CCCC(C)C)CCCC(C)CCCC(C)CCCC(C)C. The van der Waals surface area contributed by atoms with Crippen LogP contribution in [0, 0.1) is 35.5 Å². The molecule has 0 spiro atoms. The maximum Gasteiger partial charge on any atom is 0.331 e. The molecule has 0 aliphatic carbocycles. The highest BCUT2D eigenvalue weighted by molar-refractivity contribution is 5.82. The van der Waals surface area contributed by atoms with Crippen LogP contribution in [-0.2, 0) is 9.53 Å². The van der Waals surface area contributed by atoms with Crippen LogP contribution in [-0.4, -0.2) is 12.6 Å². The van der Waals surface area contributed by atoms with Crippen LogP contribution >= 0.6 is 0 Å². The van der Waals surface area contributed by atoms with Gasteiger partial charge in [-0.1, -0.05) is 156 Å². The van der Waals surface area contributed by atoms with Crippen molar-refractivity contribution in [2.75, 3.05) is 6.61 Å². The summed E-state index contributed by atoms with van der Waals surface area (Å²) in [5, 5.41) is 0. The summed E-state index contributed by atoms with van der Waals surface area (Å²) in [7, 11) is 0. The largest absolute Gasteiger partial charge is 0.458 e. The number of hydrogen-bond donors (Lipinski definition) is 0. The van der Waals surface area contributed by atoms with Crippen LogP contribution in [0.25, 0.3) is 0 Å². The van der Waals surface area contributed by atoms with Crippen LogP contribution in [0.1, 0.15) is 185 Å². The quantitative estimate of drug-likeness (QED) is 0.0542. The first kappa shape index (κ1) is 41.0. The normalized spacial score (nSPS) is 15.7. The van der Waals surface area contributed by atoms with Gasteiger partial charge in [0, 0.05) is 6.08 Å². The van der Waals surface area contributed by atoms with Gasteiger partial charge >= 0.3 is 5.97 Å². The lowest BCUT2D eigenvalue weighted by Gasteiger charge is -2.15. The molecule has 0 aliphatic heterocycles. The van der Waals surface area contributed by atoms with Crippen molar-refractivity contribution in [1.29, 1.82) is 0 Å². The first-order chi connectivity index (χ1) is 19.9. The minimum atomic E-state index is -0.192. The number of carbonyl (C=O) groups excluding carboxylic acids is 1. The second kappa shape index (κ2) is 26.4. The molecule has 4 unspecified atom stereocenters. The summed E-state index contributed by atoms with van der Waals surface area (Å²) < 4.78 is 5.48. The van der Waals surface area contributed by atoms with Gasteiger partial charge < -0.3 is 4.74 Å². The van der Waals surface area contributed by atoms with Gasteiger partial charge in [-0.15, -0.1) is 0 Å². The molecule has 0 saturated heterocycles. The number of rotatable bonds is 27. The van der Waals surface area contributed by atoms with E-state index >= 15 is 0 Å². The molecule has 4 atom stereocenters. The summed E-state index contributed by atoms with van der Waals surface area (Å²) in [4.78, 5) is 12.3. The van der Waals surface area contributed by atoms with Gasteiger partial charge in [-0.05, 0) is 81.1 Å². The predicted octanol–water partition coefficient (Wildman–Crippen LogP) is 13.3. The third-order valence-corrected chi connectivity index (χ3v) is 9.30. The fourth-order valence-corrected chi connectivity index (χ4v) is 6.10. The average Bonchev–Trinajstić information content (AvgIpc) is 2.88. The maximum absolute atomic E-state index is 12.3. The second-order valence-electron chi connectivity index (χ2n) is 15.4. The lowest BCUT2D eigenvalue weighted by atomic mass is 9.91. The third-order valence-electron chi connectivity index (χ3n) is 9.30. The molecule has 2 nitrogen and oxygen atoms in total. The smallest absolute Gasteiger partial charge is 0.331 e. The highest BCUT2D eigenvalue weighted by Crippen LogP contribution is 2.23. The molecule has 248 valence electrons. The molecule has 0 saturated carbocycles. The van der Waals surface area contributed by atoms with Crippen molar-refractivity contribution in [3.05, 3.63) is 23.3 Å². The van der Waals surface area contributed by atoms with Gasteiger partial charge in [0.15, 0.2) is 0 Å². The van der Waals surface area contributed by atoms with Crippen molar-refractivity contribution >= 4 is 5.97 Å². The van der Waals surface area contributed by atoms with Crippen LogP contribution in [0.4, 0.5) is 0 Å². The average molecular weight is 589 g/mol. The van der Waals surface area contributed by atoms with Crippen LogP contribution in [0.5, 0.6) is 0 Å². The zero-order valence-electron chi connectivity index (χ0n) is 30.4. The van der Waals surface area contributed by atoms with Crippen LogP contribution < -0.4 is 0 Å². The van der Waals surface area contributed by atoms with Crippen molar-refractivity contribution in [3.8, 4) is 0 Å².